The van der Waals surface area contributed by atoms with Crippen LogP contribution in [0.2, 0.25) is 0 Å². The summed E-state index contributed by atoms with van der Waals surface area (Å²) < 4.78 is 0. The van der Waals surface area contributed by atoms with Crippen LogP contribution in [-0.2, 0) is 4.79 Å². The van der Waals surface area contributed by atoms with Crippen molar-refractivity contribution >= 4 is 35.8 Å². The molecule has 2 aliphatic rings. The maximum absolute atomic E-state index is 11.8. The molecule has 2 rings (SSSR count). The van der Waals surface area contributed by atoms with Crippen molar-refractivity contribution in [2.24, 2.45) is 4.99 Å². The van der Waals surface area contributed by atoms with Crippen molar-refractivity contribution in [2.75, 3.05) is 26.7 Å². The summed E-state index contributed by atoms with van der Waals surface area (Å²) in [7, 11) is 1.79. The number of hydrogen-bond donors (Lipinski definition) is 3. The third-order valence-corrected chi connectivity index (χ3v) is 5.29. The molecule has 0 aromatic rings. The zero-order valence-corrected chi connectivity index (χ0v) is 18.3. The normalized spacial score (nSPS) is 23.2. The van der Waals surface area contributed by atoms with Crippen LogP contribution in [-0.4, -0.2) is 61.6 Å². The second-order valence-corrected chi connectivity index (χ2v) is 7.19. The van der Waals surface area contributed by atoms with Gasteiger partial charge in [0.05, 0.1) is 0 Å². The Bertz CT molecular complexity index is 426. The molecule has 1 heterocycles. The molecule has 7 heteroatoms. The molecule has 1 amide bonds. The molecule has 0 bridgehead atoms. The average Bonchev–Trinajstić information content (AvgIpc) is 3.24. The van der Waals surface area contributed by atoms with Crippen molar-refractivity contribution in [3.8, 4) is 0 Å². The Morgan fingerprint density at radius 1 is 1.28 bits per heavy atom. The maximum Gasteiger partial charge on any atom is 0.221 e. The van der Waals surface area contributed by atoms with Gasteiger partial charge in [0, 0.05) is 51.2 Å². The molecule has 0 radical (unpaired) electrons. The first-order valence-electron chi connectivity index (χ1n) is 9.63. The minimum Gasteiger partial charge on any atom is -0.356 e. The highest BCUT2D eigenvalue weighted by Gasteiger charge is 2.30. The summed E-state index contributed by atoms with van der Waals surface area (Å²) in [6.07, 6.45) is 8.12. The van der Waals surface area contributed by atoms with Crippen molar-refractivity contribution in [2.45, 2.75) is 76.9 Å². The monoisotopic (exact) mass is 465 g/mol. The molecule has 0 aromatic carbocycles. The minimum absolute atomic E-state index is 0. The topological polar surface area (TPSA) is 68.8 Å². The highest BCUT2D eigenvalue weighted by Crippen LogP contribution is 2.26. The Kier molecular flexibility index (Phi) is 10.7. The third kappa shape index (κ3) is 7.68. The number of rotatable bonds is 7. The maximum atomic E-state index is 11.8. The number of aliphatic imine (C=N–C) groups is 1. The number of nitrogens with one attached hydrogen (secondary N) is 3. The van der Waals surface area contributed by atoms with Gasteiger partial charge in [0.15, 0.2) is 5.96 Å². The van der Waals surface area contributed by atoms with Gasteiger partial charge in [0.2, 0.25) is 5.91 Å². The summed E-state index contributed by atoms with van der Waals surface area (Å²) in [6.45, 7) is 7.02. The van der Waals surface area contributed by atoms with Gasteiger partial charge >= 0.3 is 0 Å². The summed E-state index contributed by atoms with van der Waals surface area (Å²) in [6, 6.07) is 1.51. The van der Waals surface area contributed by atoms with Crippen molar-refractivity contribution in [1.82, 2.24) is 20.9 Å². The Morgan fingerprint density at radius 3 is 2.64 bits per heavy atom. The van der Waals surface area contributed by atoms with Gasteiger partial charge in [-0.25, -0.2) is 0 Å². The van der Waals surface area contributed by atoms with E-state index in [-0.39, 0.29) is 35.9 Å². The van der Waals surface area contributed by atoms with Crippen molar-refractivity contribution in [3.63, 3.8) is 0 Å². The van der Waals surface area contributed by atoms with Crippen LogP contribution in [0.1, 0.15) is 58.8 Å². The minimum atomic E-state index is 0. The van der Waals surface area contributed by atoms with E-state index in [0.29, 0.717) is 19.0 Å². The fraction of sp³-hybridized carbons (Fsp3) is 0.889. The van der Waals surface area contributed by atoms with Gasteiger partial charge in [-0.05, 0) is 32.6 Å². The lowest BCUT2D eigenvalue weighted by atomic mass is 10.2. The Hall–Kier alpha value is -0.570. The zero-order chi connectivity index (χ0) is 17.4. The Labute approximate surface area is 170 Å². The molecule has 1 aliphatic carbocycles. The van der Waals surface area contributed by atoms with Gasteiger partial charge in [-0.2, -0.15) is 0 Å². The summed E-state index contributed by atoms with van der Waals surface area (Å²) in [5.74, 6) is 0.908. The van der Waals surface area contributed by atoms with Crippen LogP contribution in [0, 0.1) is 0 Å². The van der Waals surface area contributed by atoms with Crippen LogP contribution in [0.4, 0.5) is 0 Å². The second-order valence-electron chi connectivity index (χ2n) is 7.19. The van der Waals surface area contributed by atoms with Gasteiger partial charge in [0.1, 0.15) is 0 Å². The molecule has 2 atom stereocenters. The molecule has 1 aliphatic heterocycles. The standard InChI is InChI=1S/C18H35N5O.HI/c1-4-14(2)21-17(24)9-11-20-18(19-3)22-15-10-12-23(13-15)16-7-5-6-8-16;/h14-16H,4-13H2,1-3H3,(H,21,24)(H2,19,20,22);1H. The fourth-order valence-electron chi connectivity index (χ4n) is 3.64. The van der Waals surface area contributed by atoms with Gasteiger partial charge in [-0.1, -0.05) is 19.8 Å². The van der Waals surface area contributed by atoms with Crippen LogP contribution in [0.15, 0.2) is 4.99 Å². The number of hydrogen-bond acceptors (Lipinski definition) is 3. The molecule has 0 aromatic heterocycles. The summed E-state index contributed by atoms with van der Waals surface area (Å²) >= 11 is 0. The predicted molar refractivity (Wildman–Crippen MR) is 115 cm³/mol. The quantitative estimate of drug-likeness (QED) is 0.306. The molecule has 25 heavy (non-hydrogen) atoms. The number of likely N-dealkylation sites (tertiary alicyclic amines) is 1. The molecular weight excluding hydrogens is 429 g/mol. The summed E-state index contributed by atoms with van der Waals surface area (Å²) in [5.41, 5.74) is 0. The van der Waals surface area contributed by atoms with Crippen LogP contribution in [0.25, 0.3) is 0 Å². The van der Waals surface area contributed by atoms with Crippen LogP contribution in [0.5, 0.6) is 0 Å². The van der Waals surface area contributed by atoms with Gasteiger partial charge in [0.25, 0.3) is 0 Å². The smallest absolute Gasteiger partial charge is 0.221 e. The molecule has 146 valence electrons. The third-order valence-electron chi connectivity index (χ3n) is 5.29. The van der Waals surface area contributed by atoms with Crippen molar-refractivity contribution in [1.29, 1.82) is 0 Å². The largest absolute Gasteiger partial charge is 0.356 e. The highest BCUT2D eigenvalue weighted by atomic mass is 127. The second kappa shape index (κ2) is 11.9. The van der Waals surface area contributed by atoms with E-state index < -0.39 is 0 Å². The molecule has 2 fully saturated rings. The highest BCUT2D eigenvalue weighted by molar-refractivity contribution is 14.0. The molecule has 6 nitrogen and oxygen atoms in total. The van der Waals surface area contributed by atoms with Crippen molar-refractivity contribution in [3.05, 3.63) is 0 Å². The van der Waals surface area contributed by atoms with E-state index >= 15 is 0 Å². The van der Waals surface area contributed by atoms with Gasteiger partial charge in [-0.15, -0.1) is 24.0 Å². The first kappa shape index (κ1) is 22.5. The first-order valence-corrected chi connectivity index (χ1v) is 9.63. The fourth-order valence-corrected chi connectivity index (χ4v) is 3.64. The van der Waals surface area contributed by atoms with Crippen molar-refractivity contribution < 1.29 is 4.79 Å². The van der Waals surface area contributed by atoms with E-state index in [2.05, 4.69) is 32.8 Å². The summed E-state index contributed by atoms with van der Waals surface area (Å²) in [4.78, 5) is 18.7. The number of nitrogens with zero attached hydrogens (tertiary/aromatic N) is 2. The number of carbonyl (C=O) groups excluding carboxylic acids is 1. The van der Waals surface area contributed by atoms with Gasteiger partial charge in [-0.3, -0.25) is 14.7 Å². The Morgan fingerprint density at radius 2 is 2.00 bits per heavy atom. The average molecular weight is 465 g/mol. The van der Waals surface area contributed by atoms with Crippen LogP contribution in [0.3, 0.4) is 0 Å². The van der Waals surface area contributed by atoms with Gasteiger partial charge < -0.3 is 16.0 Å². The Balaban J connectivity index is 0.00000312. The van der Waals surface area contributed by atoms with E-state index in [0.717, 1.165) is 25.0 Å². The van der Waals surface area contributed by atoms with E-state index in [1.807, 2.05) is 6.92 Å². The molecule has 3 N–H and O–H groups in total. The lowest BCUT2D eigenvalue weighted by Gasteiger charge is -2.24. The SMILES string of the molecule is CCC(C)NC(=O)CCNC(=NC)NC1CCN(C2CCCC2)C1.I. The lowest BCUT2D eigenvalue weighted by molar-refractivity contribution is -0.121. The summed E-state index contributed by atoms with van der Waals surface area (Å²) in [5, 5.41) is 9.76. The molecular formula is C18H36IN5O. The van der Waals surface area contributed by atoms with E-state index in [4.69, 9.17) is 0 Å². The molecule has 1 saturated carbocycles. The lowest BCUT2D eigenvalue weighted by Crippen LogP contribution is -2.46. The van der Waals surface area contributed by atoms with E-state index in [9.17, 15) is 4.79 Å². The van der Waals surface area contributed by atoms with Crippen LogP contribution < -0.4 is 16.0 Å². The molecule has 1 saturated heterocycles. The number of halogens is 1. The predicted octanol–water partition coefficient (Wildman–Crippen LogP) is 2.09. The van der Waals surface area contributed by atoms with E-state index in [1.54, 1.807) is 7.05 Å². The zero-order valence-electron chi connectivity index (χ0n) is 16.0. The van der Waals surface area contributed by atoms with E-state index in [1.165, 1.54) is 38.6 Å². The number of guanidine groups is 1. The number of carbonyl (C=O) groups is 1. The van der Waals surface area contributed by atoms with Crippen LogP contribution >= 0.6 is 24.0 Å². The molecule has 2 unspecified atom stereocenters. The molecule has 0 spiro atoms. The first-order chi connectivity index (χ1) is 11.6. The number of amides is 1.